The molecule has 10 heavy (non-hydrogen) atoms. The van der Waals surface area contributed by atoms with Crippen LogP contribution in [0.3, 0.4) is 0 Å². The first-order chi connectivity index (χ1) is 4.79. The first-order valence-corrected chi connectivity index (χ1v) is 3.78. The molecule has 2 heterocycles. The average Bonchev–Trinajstić information content (AvgIpc) is 2.13. The maximum absolute atomic E-state index is 11.1. The highest BCUT2D eigenvalue weighted by Crippen LogP contribution is 2.24. The van der Waals surface area contributed by atoms with Crippen LogP contribution in [0, 0.1) is 0 Å². The van der Waals surface area contributed by atoms with Crippen molar-refractivity contribution >= 4 is 5.91 Å². The summed E-state index contributed by atoms with van der Waals surface area (Å²) in [6.45, 7) is 0.853. The van der Waals surface area contributed by atoms with E-state index >= 15 is 0 Å². The third-order valence-electron chi connectivity index (χ3n) is 2.66. The van der Waals surface area contributed by atoms with Gasteiger partial charge in [-0.05, 0) is 19.9 Å². The molecule has 0 radical (unpaired) electrons. The molecule has 2 bridgehead atoms. The van der Waals surface area contributed by atoms with Crippen LogP contribution in [-0.4, -0.2) is 36.5 Å². The van der Waals surface area contributed by atoms with Gasteiger partial charge in [0, 0.05) is 12.6 Å². The van der Waals surface area contributed by atoms with Crippen molar-refractivity contribution < 1.29 is 4.79 Å². The third-order valence-corrected chi connectivity index (χ3v) is 2.66. The zero-order chi connectivity index (χ0) is 7.14. The molecule has 0 aromatic heterocycles. The molecule has 3 heteroatoms. The lowest BCUT2D eigenvalue weighted by Gasteiger charge is -2.30. The Balaban J connectivity index is 2.20. The van der Waals surface area contributed by atoms with Gasteiger partial charge in [-0.1, -0.05) is 0 Å². The minimum atomic E-state index is 0.179. The van der Waals surface area contributed by atoms with Crippen LogP contribution >= 0.6 is 0 Å². The van der Waals surface area contributed by atoms with Gasteiger partial charge >= 0.3 is 0 Å². The summed E-state index contributed by atoms with van der Waals surface area (Å²) in [5, 5.41) is 2.89. The second-order valence-electron chi connectivity index (χ2n) is 3.16. The minimum absolute atomic E-state index is 0.179. The molecule has 2 fully saturated rings. The number of hydrogen-bond acceptors (Lipinski definition) is 2. The van der Waals surface area contributed by atoms with E-state index < -0.39 is 0 Å². The number of nitrogens with one attached hydrogen (secondary N) is 1. The molecule has 0 aliphatic carbocycles. The van der Waals surface area contributed by atoms with Crippen molar-refractivity contribution in [3.8, 4) is 0 Å². The molecule has 0 aromatic rings. The topological polar surface area (TPSA) is 32.3 Å². The number of nitrogens with zero attached hydrogens (tertiary/aromatic N) is 1. The van der Waals surface area contributed by atoms with Gasteiger partial charge in [0.05, 0.1) is 6.04 Å². The summed E-state index contributed by atoms with van der Waals surface area (Å²) in [5.41, 5.74) is 0. The quantitative estimate of drug-likeness (QED) is 0.495. The normalized spacial score (nSPS) is 39.9. The Morgan fingerprint density at radius 3 is 3.10 bits per heavy atom. The summed E-state index contributed by atoms with van der Waals surface area (Å²) in [7, 11) is 2.04. The lowest BCUT2D eigenvalue weighted by Crippen LogP contribution is -2.53. The van der Waals surface area contributed by atoms with E-state index in [4.69, 9.17) is 0 Å². The van der Waals surface area contributed by atoms with Crippen LogP contribution in [0.1, 0.15) is 12.8 Å². The van der Waals surface area contributed by atoms with Gasteiger partial charge < -0.3 is 5.32 Å². The number of likely N-dealkylation sites (N-methyl/N-ethyl adjacent to an activating group) is 1. The van der Waals surface area contributed by atoms with Crippen LogP contribution in [0.4, 0.5) is 0 Å². The van der Waals surface area contributed by atoms with Gasteiger partial charge in [0.1, 0.15) is 0 Å². The molecule has 2 atom stereocenters. The Bertz CT molecular complexity index is 169. The molecular formula is C7H12N2O. The van der Waals surface area contributed by atoms with E-state index in [1.54, 1.807) is 0 Å². The van der Waals surface area contributed by atoms with Crippen LogP contribution < -0.4 is 5.32 Å². The SMILES string of the molecule is CN1C2CCC1C(=O)NC2. The maximum atomic E-state index is 11.1. The van der Waals surface area contributed by atoms with E-state index in [1.807, 2.05) is 7.05 Å². The fourth-order valence-electron chi connectivity index (χ4n) is 1.91. The van der Waals surface area contributed by atoms with Gasteiger partial charge in [0.15, 0.2) is 0 Å². The van der Waals surface area contributed by atoms with Crippen LogP contribution in [-0.2, 0) is 4.79 Å². The van der Waals surface area contributed by atoms with Crippen LogP contribution in [0.2, 0.25) is 0 Å². The molecule has 2 rings (SSSR count). The van der Waals surface area contributed by atoms with Gasteiger partial charge in [0.25, 0.3) is 0 Å². The van der Waals surface area contributed by atoms with Gasteiger partial charge in [-0.15, -0.1) is 0 Å². The summed E-state index contributed by atoms with van der Waals surface area (Å²) in [5.74, 6) is 0.219. The molecular weight excluding hydrogens is 128 g/mol. The molecule has 2 aliphatic rings. The Kier molecular flexibility index (Phi) is 1.20. The minimum Gasteiger partial charge on any atom is -0.353 e. The van der Waals surface area contributed by atoms with Crippen molar-refractivity contribution in [2.24, 2.45) is 0 Å². The maximum Gasteiger partial charge on any atom is 0.237 e. The first kappa shape index (κ1) is 6.16. The number of fused-ring (bicyclic) bond motifs is 2. The molecule has 1 N–H and O–H groups in total. The summed E-state index contributed by atoms with van der Waals surface area (Å²) in [6, 6.07) is 0.793. The fraction of sp³-hybridized carbons (Fsp3) is 0.857. The molecule has 56 valence electrons. The van der Waals surface area contributed by atoms with Gasteiger partial charge in [0.2, 0.25) is 5.91 Å². The smallest absolute Gasteiger partial charge is 0.237 e. The predicted molar refractivity (Wildman–Crippen MR) is 37.6 cm³/mol. The monoisotopic (exact) mass is 140 g/mol. The fourth-order valence-corrected chi connectivity index (χ4v) is 1.91. The highest BCUT2D eigenvalue weighted by atomic mass is 16.2. The Labute approximate surface area is 60.4 Å². The number of hydrogen-bond donors (Lipinski definition) is 1. The number of rotatable bonds is 0. The molecule has 2 aliphatic heterocycles. The number of carbonyl (C=O) groups is 1. The molecule has 0 aromatic carbocycles. The summed E-state index contributed by atoms with van der Waals surface area (Å²) in [6.07, 6.45) is 2.23. The summed E-state index contributed by atoms with van der Waals surface area (Å²) in [4.78, 5) is 13.3. The highest BCUT2D eigenvalue weighted by Gasteiger charge is 2.38. The van der Waals surface area contributed by atoms with E-state index in [0.29, 0.717) is 6.04 Å². The van der Waals surface area contributed by atoms with Crippen molar-refractivity contribution in [1.82, 2.24) is 10.2 Å². The second kappa shape index (κ2) is 1.95. The number of carbonyl (C=O) groups excluding carboxylic acids is 1. The van der Waals surface area contributed by atoms with Crippen LogP contribution in [0.15, 0.2) is 0 Å². The zero-order valence-electron chi connectivity index (χ0n) is 6.13. The molecule has 0 spiro atoms. The lowest BCUT2D eigenvalue weighted by atomic mass is 10.2. The Morgan fingerprint density at radius 1 is 1.60 bits per heavy atom. The molecule has 0 saturated carbocycles. The number of amides is 1. The Morgan fingerprint density at radius 2 is 2.40 bits per heavy atom. The average molecular weight is 140 g/mol. The standard InChI is InChI=1S/C7H12N2O/c1-9-5-2-3-6(9)7(10)8-4-5/h5-6H,2-4H2,1H3,(H,8,10). The zero-order valence-corrected chi connectivity index (χ0v) is 6.13. The van der Waals surface area contributed by atoms with E-state index in [9.17, 15) is 4.79 Å². The third kappa shape index (κ3) is 0.669. The number of piperazine rings is 1. The molecule has 2 saturated heterocycles. The van der Waals surface area contributed by atoms with Gasteiger partial charge in [-0.2, -0.15) is 0 Å². The first-order valence-electron chi connectivity index (χ1n) is 3.78. The Hall–Kier alpha value is -0.570. The second-order valence-corrected chi connectivity index (χ2v) is 3.16. The summed E-state index contributed by atoms with van der Waals surface area (Å²) >= 11 is 0. The molecule has 2 unspecified atom stereocenters. The van der Waals surface area contributed by atoms with Crippen LogP contribution in [0.5, 0.6) is 0 Å². The van der Waals surface area contributed by atoms with Crippen LogP contribution in [0.25, 0.3) is 0 Å². The van der Waals surface area contributed by atoms with E-state index in [1.165, 1.54) is 6.42 Å². The van der Waals surface area contributed by atoms with Crippen molar-refractivity contribution in [2.45, 2.75) is 24.9 Å². The van der Waals surface area contributed by atoms with Gasteiger partial charge in [-0.25, -0.2) is 0 Å². The molecule has 3 nitrogen and oxygen atoms in total. The van der Waals surface area contributed by atoms with Crippen molar-refractivity contribution in [3.05, 3.63) is 0 Å². The van der Waals surface area contributed by atoms with Crippen molar-refractivity contribution in [1.29, 1.82) is 0 Å². The molecule has 1 amide bonds. The van der Waals surface area contributed by atoms with E-state index in [0.717, 1.165) is 13.0 Å². The van der Waals surface area contributed by atoms with Crippen molar-refractivity contribution in [3.63, 3.8) is 0 Å². The van der Waals surface area contributed by atoms with Crippen molar-refractivity contribution in [2.75, 3.05) is 13.6 Å². The lowest BCUT2D eigenvalue weighted by molar-refractivity contribution is -0.127. The summed E-state index contributed by atoms with van der Waals surface area (Å²) < 4.78 is 0. The predicted octanol–water partition coefficient (Wildman–Crippen LogP) is -0.421. The van der Waals surface area contributed by atoms with E-state index in [-0.39, 0.29) is 11.9 Å². The highest BCUT2D eigenvalue weighted by molar-refractivity contribution is 5.83. The van der Waals surface area contributed by atoms with E-state index in [2.05, 4.69) is 10.2 Å². The largest absolute Gasteiger partial charge is 0.353 e. The van der Waals surface area contributed by atoms with Gasteiger partial charge in [-0.3, -0.25) is 9.69 Å².